The number of aliphatic imine (C=N–C) groups is 1. The Labute approximate surface area is 135 Å². The molecule has 3 rings (SSSR count). The molecule has 0 bridgehead atoms. The van der Waals surface area contributed by atoms with Gasteiger partial charge in [-0.25, -0.2) is 0 Å². The highest BCUT2D eigenvalue weighted by atomic mass is 16.5. The maximum Gasteiger partial charge on any atom is 0.246 e. The van der Waals surface area contributed by atoms with Crippen molar-refractivity contribution in [3.63, 3.8) is 0 Å². The average Bonchev–Trinajstić information content (AvgIpc) is 2.73. The van der Waals surface area contributed by atoms with Gasteiger partial charge in [-0.3, -0.25) is 9.79 Å². The van der Waals surface area contributed by atoms with Crippen LogP contribution in [0.25, 0.3) is 0 Å². The molecule has 0 aliphatic carbocycles. The largest absolute Gasteiger partial charge is 0.493 e. The second kappa shape index (κ2) is 6.52. The van der Waals surface area contributed by atoms with E-state index in [1.807, 2.05) is 43.3 Å². The first-order valence-corrected chi connectivity index (χ1v) is 7.48. The molecule has 118 valence electrons. The minimum Gasteiger partial charge on any atom is -0.493 e. The Morgan fingerprint density at radius 2 is 1.96 bits per heavy atom. The van der Waals surface area contributed by atoms with Crippen LogP contribution >= 0.6 is 0 Å². The lowest BCUT2D eigenvalue weighted by Crippen LogP contribution is -2.13. The predicted octanol–water partition coefficient (Wildman–Crippen LogP) is 2.88. The van der Waals surface area contributed by atoms with E-state index >= 15 is 0 Å². The maximum atomic E-state index is 12.0. The number of benzodiazepines with no additional fused rings is 1. The lowest BCUT2D eigenvalue weighted by Gasteiger charge is -2.15. The van der Waals surface area contributed by atoms with Gasteiger partial charge in [0, 0.05) is 17.2 Å². The summed E-state index contributed by atoms with van der Waals surface area (Å²) in [5, 5.41) is 2.88. The van der Waals surface area contributed by atoms with Gasteiger partial charge in [-0.15, -0.1) is 0 Å². The number of benzene rings is 2. The van der Waals surface area contributed by atoms with E-state index < -0.39 is 0 Å². The van der Waals surface area contributed by atoms with E-state index in [1.54, 1.807) is 13.2 Å². The van der Waals surface area contributed by atoms with Crippen molar-refractivity contribution in [3.05, 3.63) is 53.6 Å². The standard InChI is InChI=1S/C18H18N2O3/c1-3-23-16-10-14-13(9-15(16)22-2)18(19-11-17(21)20-14)12-7-5-4-6-8-12/h4-10H,3,11H2,1-2H3,(H,20,21). The third-order valence-corrected chi connectivity index (χ3v) is 3.56. The molecule has 5 nitrogen and oxygen atoms in total. The minimum atomic E-state index is -0.148. The SMILES string of the molecule is CCOc1cc2c(cc1OC)C(c1ccccc1)=NCC(=O)N2. The van der Waals surface area contributed by atoms with Crippen molar-refractivity contribution in [2.45, 2.75) is 6.92 Å². The van der Waals surface area contributed by atoms with Crippen LogP contribution in [0, 0.1) is 0 Å². The van der Waals surface area contributed by atoms with Crippen molar-refractivity contribution >= 4 is 17.3 Å². The van der Waals surface area contributed by atoms with E-state index in [9.17, 15) is 4.79 Å². The quantitative estimate of drug-likeness (QED) is 0.944. The van der Waals surface area contributed by atoms with Crippen molar-refractivity contribution < 1.29 is 14.3 Å². The third kappa shape index (κ3) is 3.04. The molecule has 5 heteroatoms. The van der Waals surface area contributed by atoms with Crippen LogP contribution in [0.2, 0.25) is 0 Å². The van der Waals surface area contributed by atoms with E-state index in [0.29, 0.717) is 23.8 Å². The van der Waals surface area contributed by atoms with E-state index in [4.69, 9.17) is 9.47 Å². The third-order valence-electron chi connectivity index (χ3n) is 3.56. The zero-order valence-electron chi connectivity index (χ0n) is 13.1. The molecule has 0 radical (unpaired) electrons. The van der Waals surface area contributed by atoms with Crippen LogP contribution in [0.4, 0.5) is 5.69 Å². The summed E-state index contributed by atoms with van der Waals surface area (Å²) < 4.78 is 11.0. The fourth-order valence-corrected chi connectivity index (χ4v) is 2.56. The molecule has 0 unspecified atom stereocenters. The summed E-state index contributed by atoms with van der Waals surface area (Å²) in [5.74, 6) is 1.07. The van der Waals surface area contributed by atoms with E-state index in [-0.39, 0.29) is 12.5 Å². The summed E-state index contributed by atoms with van der Waals surface area (Å²) in [4.78, 5) is 16.4. The second-order valence-electron chi connectivity index (χ2n) is 5.06. The summed E-state index contributed by atoms with van der Waals surface area (Å²) in [6, 6.07) is 13.4. The molecule has 0 saturated carbocycles. The van der Waals surface area contributed by atoms with Crippen LogP contribution in [0.15, 0.2) is 47.5 Å². The fraction of sp³-hybridized carbons (Fsp3) is 0.222. The molecule has 1 aliphatic rings. The van der Waals surface area contributed by atoms with Gasteiger partial charge in [0.2, 0.25) is 5.91 Å². The number of hydrogen-bond acceptors (Lipinski definition) is 4. The molecule has 0 spiro atoms. The Kier molecular flexibility index (Phi) is 4.28. The Balaban J connectivity index is 2.17. The predicted molar refractivity (Wildman–Crippen MR) is 89.7 cm³/mol. The first-order chi connectivity index (χ1) is 11.2. The van der Waals surface area contributed by atoms with Gasteiger partial charge in [-0.2, -0.15) is 0 Å². The molecule has 2 aromatic rings. The van der Waals surface area contributed by atoms with Crippen LogP contribution in [-0.2, 0) is 4.79 Å². The van der Waals surface area contributed by atoms with E-state index in [0.717, 1.165) is 16.8 Å². The summed E-state index contributed by atoms with van der Waals surface area (Å²) >= 11 is 0. The van der Waals surface area contributed by atoms with Gasteiger partial charge in [0.25, 0.3) is 0 Å². The van der Waals surface area contributed by atoms with Gasteiger partial charge in [-0.05, 0) is 13.0 Å². The molecule has 23 heavy (non-hydrogen) atoms. The van der Waals surface area contributed by atoms with Crippen LogP contribution < -0.4 is 14.8 Å². The minimum absolute atomic E-state index is 0.0885. The van der Waals surface area contributed by atoms with Crippen LogP contribution in [0.5, 0.6) is 11.5 Å². The van der Waals surface area contributed by atoms with Crippen LogP contribution in [0.1, 0.15) is 18.1 Å². The lowest BCUT2D eigenvalue weighted by atomic mass is 10.00. The molecule has 1 N–H and O–H groups in total. The molecule has 0 aromatic heterocycles. The number of carbonyl (C=O) groups excluding carboxylic acids is 1. The number of anilines is 1. The van der Waals surface area contributed by atoms with Gasteiger partial charge in [0.15, 0.2) is 11.5 Å². The Morgan fingerprint density at radius 3 is 2.65 bits per heavy atom. The van der Waals surface area contributed by atoms with Gasteiger partial charge in [0.05, 0.1) is 25.1 Å². The number of ether oxygens (including phenoxy) is 2. The summed E-state index contributed by atoms with van der Waals surface area (Å²) in [5.41, 5.74) is 3.22. The maximum absolute atomic E-state index is 12.0. The van der Waals surface area contributed by atoms with Crippen molar-refractivity contribution in [2.75, 3.05) is 25.6 Å². The average molecular weight is 310 g/mol. The highest BCUT2D eigenvalue weighted by molar-refractivity contribution is 6.19. The topological polar surface area (TPSA) is 59.9 Å². The molecule has 1 amide bonds. The number of nitrogens with one attached hydrogen (secondary N) is 1. The summed E-state index contributed by atoms with van der Waals surface area (Å²) in [7, 11) is 1.60. The number of carbonyl (C=O) groups is 1. The molecular weight excluding hydrogens is 292 g/mol. The van der Waals surface area contributed by atoms with Crippen LogP contribution in [0.3, 0.4) is 0 Å². The molecule has 2 aromatic carbocycles. The normalized spacial score (nSPS) is 13.5. The van der Waals surface area contributed by atoms with Gasteiger partial charge < -0.3 is 14.8 Å². The number of hydrogen-bond donors (Lipinski definition) is 1. The Morgan fingerprint density at radius 1 is 1.17 bits per heavy atom. The first-order valence-electron chi connectivity index (χ1n) is 7.48. The van der Waals surface area contributed by atoms with Crippen LogP contribution in [-0.4, -0.2) is 31.9 Å². The van der Waals surface area contributed by atoms with Gasteiger partial charge in [0.1, 0.15) is 6.54 Å². The Bertz CT molecular complexity index is 754. The molecule has 1 heterocycles. The smallest absolute Gasteiger partial charge is 0.246 e. The van der Waals surface area contributed by atoms with Crippen molar-refractivity contribution in [3.8, 4) is 11.5 Å². The second-order valence-corrected chi connectivity index (χ2v) is 5.06. The zero-order valence-corrected chi connectivity index (χ0v) is 13.1. The monoisotopic (exact) mass is 310 g/mol. The van der Waals surface area contributed by atoms with Crippen molar-refractivity contribution in [1.82, 2.24) is 0 Å². The molecule has 0 fully saturated rings. The summed E-state index contributed by atoms with van der Waals surface area (Å²) in [6.45, 7) is 2.51. The highest BCUT2D eigenvalue weighted by Gasteiger charge is 2.21. The van der Waals surface area contributed by atoms with E-state index in [2.05, 4.69) is 10.3 Å². The highest BCUT2D eigenvalue weighted by Crippen LogP contribution is 2.35. The zero-order chi connectivity index (χ0) is 16.2. The molecular formula is C18H18N2O3. The lowest BCUT2D eigenvalue weighted by molar-refractivity contribution is -0.114. The Hall–Kier alpha value is -2.82. The van der Waals surface area contributed by atoms with Gasteiger partial charge >= 0.3 is 0 Å². The van der Waals surface area contributed by atoms with Gasteiger partial charge in [-0.1, -0.05) is 30.3 Å². The molecule has 1 aliphatic heterocycles. The van der Waals surface area contributed by atoms with Crippen molar-refractivity contribution in [2.24, 2.45) is 4.99 Å². The number of amides is 1. The van der Waals surface area contributed by atoms with Crippen molar-refractivity contribution in [1.29, 1.82) is 0 Å². The molecule has 0 atom stereocenters. The molecule has 0 saturated heterocycles. The summed E-state index contributed by atoms with van der Waals surface area (Å²) in [6.07, 6.45) is 0. The fourth-order valence-electron chi connectivity index (χ4n) is 2.56. The number of methoxy groups -OCH3 is 1. The van der Waals surface area contributed by atoms with E-state index in [1.165, 1.54) is 0 Å². The number of rotatable bonds is 4. The number of fused-ring (bicyclic) bond motifs is 1. The first kappa shape index (κ1) is 15.1. The number of nitrogens with zero attached hydrogens (tertiary/aromatic N) is 1.